The molecule has 0 saturated heterocycles. The van der Waals surface area contributed by atoms with Crippen molar-refractivity contribution in [3.63, 3.8) is 0 Å². The summed E-state index contributed by atoms with van der Waals surface area (Å²) in [4.78, 5) is 26.2. The molecule has 29 heavy (non-hydrogen) atoms. The van der Waals surface area contributed by atoms with Crippen molar-refractivity contribution in [2.24, 2.45) is 0 Å². The average Bonchev–Trinajstić information content (AvgIpc) is 3.02. The Morgan fingerprint density at radius 2 is 2.03 bits per heavy atom. The first-order valence-corrected chi connectivity index (χ1v) is 11.0. The third kappa shape index (κ3) is 3.48. The molecule has 0 aromatic heterocycles. The third-order valence-electron chi connectivity index (χ3n) is 5.38. The highest BCUT2D eigenvalue weighted by Crippen LogP contribution is 2.34. The summed E-state index contributed by atoms with van der Waals surface area (Å²) in [6, 6.07) is 12.0. The molecule has 2 amide bonds. The van der Waals surface area contributed by atoms with E-state index in [-0.39, 0.29) is 35.8 Å². The van der Waals surface area contributed by atoms with Crippen molar-refractivity contribution in [3.05, 3.63) is 48.0 Å². The van der Waals surface area contributed by atoms with Gasteiger partial charge >= 0.3 is 0 Å². The van der Waals surface area contributed by atoms with Gasteiger partial charge in [-0.2, -0.15) is 0 Å². The first-order valence-electron chi connectivity index (χ1n) is 9.48. The molecule has 2 atom stereocenters. The first kappa shape index (κ1) is 19.4. The number of nitrogens with zero attached hydrogens (tertiary/aromatic N) is 1. The first-order chi connectivity index (χ1) is 13.8. The number of hydrogen-bond acceptors (Lipinski definition) is 5. The van der Waals surface area contributed by atoms with Gasteiger partial charge in [-0.15, -0.1) is 0 Å². The fourth-order valence-electron chi connectivity index (χ4n) is 3.87. The second-order valence-corrected chi connectivity index (χ2v) is 9.87. The largest absolute Gasteiger partial charge is 0.482 e. The third-order valence-corrected chi connectivity index (χ3v) is 7.52. The normalized spacial score (nSPS) is 19.0. The summed E-state index contributed by atoms with van der Waals surface area (Å²) in [5, 5.41) is 1.70. The zero-order chi connectivity index (χ0) is 20.8. The Bertz CT molecular complexity index is 1100. The number of carbonyl (C=O) groups excluding carboxylic acids is 2. The van der Waals surface area contributed by atoms with Gasteiger partial charge in [0.2, 0.25) is 5.91 Å². The van der Waals surface area contributed by atoms with Crippen molar-refractivity contribution < 1.29 is 22.7 Å². The molecule has 2 aromatic carbocycles. The zero-order valence-corrected chi connectivity index (χ0v) is 17.0. The number of fused-ring (bicyclic) bond motifs is 2. The Labute approximate surface area is 169 Å². The summed E-state index contributed by atoms with van der Waals surface area (Å²) >= 11 is 0. The minimum atomic E-state index is -3.76. The molecule has 0 fully saturated rings. The van der Waals surface area contributed by atoms with Gasteiger partial charge in [-0.1, -0.05) is 18.2 Å². The maximum absolute atomic E-state index is 13.1. The highest BCUT2D eigenvalue weighted by molar-refractivity contribution is 7.92. The number of nitrogens with one attached hydrogen (secondary N) is 1. The quantitative estimate of drug-likeness (QED) is 0.830. The summed E-state index contributed by atoms with van der Waals surface area (Å²) < 4.78 is 31.4. The van der Waals surface area contributed by atoms with Crippen LogP contribution >= 0.6 is 0 Å². The van der Waals surface area contributed by atoms with Gasteiger partial charge in [-0.05, 0) is 50.1 Å². The van der Waals surface area contributed by atoms with Crippen molar-refractivity contribution in [1.29, 1.82) is 0 Å². The molecule has 0 radical (unpaired) electrons. The van der Waals surface area contributed by atoms with E-state index >= 15 is 0 Å². The molecule has 2 aliphatic heterocycles. The van der Waals surface area contributed by atoms with Crippen LogP contribution in [0.3, 0.4) is 0 Å². The van der Waals surface area contributed by atoms with Gasteiger partial charge in [-0.3, -0.25) is 9.59 Å². The van der Waals surface area contributed by atoms with Crippen molar-refractivity contribution in [1.82, 2.24) is 0 Å². The second-order valence-electron chi connectivity index (χ2n) is 7.50. The van der Waals surface area contributed by atoms with Crippen LogP contribution in [-0.2, 0) is 25.8 Å². The monoisotopic (exact) mass is 414 g/mol. The van der Waals surface area contributed by atoms with Crippen LogP contribution in [0.1, 0.15) is 25.8 Å². The lowest BCUT2D eigenvalue weighted by atomic mass is 10.1. The van der Waals surface area contributed by atoms with Crippen LogP contribution in [0.25, 0.3) is 0 Å². The van der Waals surface area contributed by atoms with Gasteiger partial charge in [-0.25, -0.2) is 8.42 Å². The maximum Gasteiger partial charge on any atom is 0.262 e. The van der Waals surface area contributed by atoms with Crippen LogP contribution in [0.4, 0.5) is 11.4 Å². The number of amides is 2. The van der Waals surface area contributed by atoms with Crippen LogP contribution < -0.4 is 15.0 Å². The fraction of sp³-hybridized carbons (Fsp3) is 0.333. The van der Waals surface area contributed by atoms with Crippen LogP contribution in [0.5, 0.6) is 5.75 Å². The molecular weight excluding hydrogens is 392 g/mol. The number of hydrogen-bond donors (Lipinski definition) is 1. The van der Waals surface area contributed by atoms with E-state index in [0.29, 0.717) is 11.4 Å². The lowest BCUT2D eigenvalue weighted by Crippen LogP contribution is -2.38. The van der Waals surface area contributed by atoms with E-state index in [1.165, 1.54) is 25.1 Å². The highest BCUT2D eigenvalue weighted by atomic mass is 32.2. The van der Waals surface area contributed by atoms with Gasteiger partial charge in [0.25, 0.3) is 5.91 Å². The molecule has 7 nitrogen and oxygen atoms in total. The van der Waals surface area contributed by atoms with E-state index in [0.717, 1.165) is 17.7 Å². The minimum Gasteiger partial charge on any atom is -0.482 e. The highest BCUT2D eigenvalue weighted by Gasteiger charge is 2.34. The second kappa shape index (κ2) is 7.18. The average molecular weight is 414 g/mol. The van der Waals surface area contributed by atoms with Crippen molar-refractivity contribution in [2.75, 3.05) is 16.8 Å². The molecular formula is C21H22N2O5S. The summed E-state index contributed by atoms with van der Waals surface area (Å²) in [7, 11) is -3.76. The number of carbonyl (C=O) groups is 2. The van der Waals surface area contributed by atoms with Gasteiger partial charge in [0.1, 0.15) is 5.75 Å². The summed E-state index contributed by atoms with van der Waals surface area (Å²) in [5.41, 5.74) is 2.26. The van der Waals surface area contributed by atoms with Crippen molar-refractivity contribution in [2.45, 2.75) is 42.9 Å². The van der Waals surface area contributed by atoms with Crippen LogP contribution in [-0.4, -0.2) is 38.1 Å². The Balaban J connectivity index is 1.55. The number of anilines is 2. The fourth-order valence-corrected chi connectivity index (χ4v) is 5.24. The van der Waals surface area contributed by atoms with E-state index in [1.54, 1.807) is 4.90 Å². The number of ether oxygens (including phenoxy) is 1. The topological polar surface area (TPSA) is 92.8 Å². The van der Waals surface area contributed by atoms with Crippen LogP contribution in [0, 0.1) is 0 Å². The van der Waals surface area contributed by atoms with Gasteiger partial charge < -0.3 is 15.0 Å². The Kier molecular flexibility index (Phi) is 4.82. The number of rotatable bonds is 4. The van der Waals surface area contributed by atoms with E-state index < -0.39 is 15.1 Å². The molecule has 0 saturated carbocycles. The number of benzene rings is 2. The van der Waals surface area contributed by atoms with E-state index in [9.17, 15) is 18.0 Å². The molecule has 1 N–H and O–H groups in total. The minimum absolute atomic E-state index is 0.00842. The van der Waals surface area contributed by atoms with E-state index in [2.05, 4.69) is 5.32 Å². The molecule has 8 heteroatoms. The number of sulfone groups is 1. The predicted octanol–water partition coefficient (Wildman–Crippen LogP) is 2.55. The molecule has 0 bridgehead atoms. The summed E-state index contributed by atoms with van der Waals surface area (Å²) in [5.74, 6) is -0.125. The Morgan fingerprint density at radius 3 is 2.83 bits per heavy atom. The molecule has 2 heterocycles. The lowest BCUT2D eigenvalue weighted by molar-refractivity contribution is -0.119. The summed E-state index contributed by atoms with van der Waals surface area (Å²) in [6.07, 6.45) is 0.633. The molecule has 152 valence electrons. The summed E-state index contributed by atoms with van der Waals surface area (Å²) in [6.45, 7) is 3.40. The van der Waals surface area contributed by atoms with Gasteiger partial charge in [0.15, 0.2) is 16.4 Å². The van der Waals surface area contributed by atoms with Crippen LogP contribution in [0.15, 0.2) is 47.4 Å². The van der Waals surface area contributed by atoms with E-state index in [4.69, 9.17) is 4.74 Å². The predicted molar refractivity (Wildman–Crippen MR) is 109 cm³/mol. The maximum atomic E-state index is 13.1. The van der Waals surface area contributed by atoms with Gasteiger partial charge in [0, 0.05) is 18.2 Å². The Morgan fingerprint density at radius 1 is 1.28 bits per heavy atom. The standard InChI is InChI=1S/C21H22N2O5S/c1-13-9-15-5-3-4-6-18(15)23(13)21(25)10-14(2)29(26,27)16-7-8-19-17(11-16)22-20(24)12-28-19/h3-8,11,13-14H,9-10,12H2,1-2H3,(H,22,24)/t13-,14+/m1/s1. The smallest absolute Gasteiger partial charge is 0.262 e. The van der Waals surface area contributed by atoms with E-state index in [1.807, 2.05) is 31.2 Å². The molecule has 0 unspecified atom stereocenters. The van der Waals surface area contributed by atoms with Crippen LogP contribution in [0.2, 0.25) is 0 Å². The molecule has 2 aliphatic rings. The Hall–Kier alpha value is -2.87. The van der Waals surface area contributed by atoms with Crippen molar-refractivity contribution in [3.8, 4) is 5.75 Å². The lowest BCUT2D eigenvalue weighted by Gasteiger charge is -2.25. The number of para-hydroxylation sites is 1. The molecule has 2 aromatic rings. The van der Waals surface area contributed by atoms with Crippen molar-refractivity contribution >= 4 is 33.0 Å². The molecule has 4 rings (SSSR count). The molecule has 0 spiro atoms. The SMILES string of the molecule is C[C@@H]1Cc2ccccc2N1C(=O)C[C@H](C)S(=O)(=O)c1ccc2c(c1)NC(=O)CO2. The zero-order valence-electron chi connectivity index (χ0n) is 16.2. The molecule has 0 aliphatic carbocycles. The van der Waals surface area contributed by atoms with Gasteiger partial charge in [0.05, 0.1) is 15.8 Å².